The first-order valence-corrected chi connectivity index (χ1v) is 6.32. The Balaban J connectivity index is 2.05. The number of carbonyl (C=O) groups excluding carboxylic acids is 1. The molecular weight excluding hydrogens is 231 g/mol. The molecule has 1 aromatic rings. The minimum absolute atomic E-state index is 0.0625. The van der Waals surface area contributed by atoms with Gasteiger partial charge in [-0.15, -0.1) is 0 Å². The van der Waals surface area contributed by atoms with Crippen molar-refractivity contribution in [3.05, 3.63) is 35.1 Å². The number of aryl methyl sites for hydroxylation is 1. The second-order valence-electron chi connectivity index (χ2n) is 4.93. The van der Waals surface area contributed by atoms with Gasteiger partial charge in [-0.2, -0.15) is 0 Å². The Kier molecular flexibility index (Phi) is 3.97. The third-order valence-electron chi connectivity index (χ3n) is 3.48. The molecule has 0 spiro atoms. The van der Waals surface area contributed by atoms with E-state index in [9.17, 15) is 9.18 Å². The van der Waals surface area contributed by atoms with E-state index in [4.69, 9.17) is 0 Å². The van der Waals surface area contributed by atoms with E-state index in [1.807, 2.05) is 11.9 Å². The Morgan fingerprint density at radius 3 is 3.00 bits per heavy atom. The zero-order valence-corrected chi connectivity index (χ0v) is 10.9. The molecule has 1 aromatic carbocycles. The molecule has 1 fully saturated rings. The highest BCUT2D eigenvalue weighted by Crippen LogP contribution is 2.19. The molecule has 0 aliphatic carbocycles. The third-order valence-corrected chi connectivity index (χ3v) is 3.48. The van der Waals surface area contributed by atoms with E-state index < -0.39 is 0 Å². The molecule has 0 unspecified atom stereocenters. The van der Waals surface area contributed by atoms with Crippen molar-refractivity contribution < 1.29 is 9.18 Å². The average molecular weight is 250 g/mol. The number of halogens is 1. The van der Waals surface area contributed by atoms with Crippen molar-refractivity contribution >= 4 is 5.91 Å². The summed E-state index contributed by atoms with van der Waals surface area (Å²) in [6, 6.07) is 4.69. The molecule has 1 aliphatic rings. The van der Waals surface area contributed by atoms with E-state index in [0.717, 1.165) is 26.1 Å². The highest BCUT2D eigenvalue weighted by Gasteiger charge is 2.26. The molecule has 1 atom stereocenters. The number of carbonyl (C=O) groups is 1. The van der Waals surface area contributed by atoms with Gasteiger partial charge >= 0.3 is 0 Å². The van der Waals surface area contributed by atoms with Crippen molar-refractivity contribution in [2.75, 3.05) is 26.7 Å². The Labute approximate surface area is 107 Å². The van der Waals surface area contributed by atoms with E-state index in [1.54, 1.807) is 19.1 Å². The summed E-state index contributed by atoms with van der Waals surface area (Å²) in [5.74, 6) is 0.133. The van der Waals surface area contributed by atoms with Gasteiger partial charge in [-0.25, -0.2) is 4.39 Å². The Morgan fingerprint density at radius 1 is 1.56 bits per heavy atom. The Hall–Kier alpha value is -1.42. The predicted octanol–water partition coefficient (Wildman–Crippen LogP) is 1.82. The molecule has 0 saturated carbocycles. The van der Waals surface area contributed by atoms with Gasteiger partial charge in [0.15, 0.2) is 0 Å². The van der Waals surface area contributed by atoms with Crippen LogP contribution in [0.4, 0.5) is 4.39 Å². The van der Waals surface area contributed by atoms with Crippen molar-refractivity contribution in [2.24, 2.45) is 5.92 Å². The van der Waals surface area contributed by atoms with Crippen molar-refractivity contribution in [1.29, 1.82) is 0 Å². The van der Waals surface area contributed by atoms with Gasteiger partial charge in [-0.05, 0) is 50.6 Å². The van der Waals surface area contributed by atoms with Crippen molar-refractivity contribution in [3.8, 4) is 0 Å². The molecule has 2 rings (SSSR count). The normalized spacial score (nSPS) is 19.3. The number of rotatable bonds is 3. The number of likely N-dealkylation sites (tertiary alicyclic amines) is 1. The highest BCUT2D eigenvalue weighted by molar-refractivity contribution is 5.94. The van der Waals surface area contributed by atoms with E-state index in [-0.39, 0.29) is 11.7 Å². The lowest BCUT2D eigenvalue weighted by Gasteiger charge is -2.16. The lowest BCUT2D eigenvalue weighted by Crippen LogP contribution is -2.30. The number of hydrogen-bond donors (Lipinski definition) is 1. The van der Waals surface area contributed by atoms with Gasteiger partial charge in [0.25, 0.3) is 5.91 Å². The van der Waals surface area contributed by atoms with E-state index in [1.165, 1.54) is 6.07 Å². The van der Waals surface area contributed by atoms with Crippen LogP contribution >= 0.6 is 0 Å². The summed E-state index contributed by atoms with van der Waals surface area (Å²) in [4.78, 5) is 14.0. The summed E-state index contributed by atoms with van der Waals surface area (Å²) in [6.45, 7) is 4.14. The minimum Gasteiger partial charge on any atom is -0.338 e. The summed E-state index contributed by atoms with van der Waals surface area (Å²) >= 11 is 0. The SMILES string of the molecule is CNC[C@H]1CCN(C(=O)c2ccc(C)c(F)c2)C1. The number of nitrogens with zero attached hydrogens (tertiary/aromatic N) is 1. The summed E-state index contributed by atoms with van der Waals surface area (Å²) in [5, 5.41) is 3.13. The van der Waals surface area contributed by atoms with E-state index >= 15 is 0 Å². The van der Waals surface area contributed by atoms with E-state index in [0.29, 0.717) is 17.0 Å². The van der Waals surface area contributed by atoms with Crippen molar-refractivity contribution in [1.82, 2.24) is 10.2 Å². The molecule has 18 heavy (non-hydrogen) atoms. The number of hydrogen-bond acceptors (Lipinski definition) is 2. The third kappa shape index (κ3) is 2.70. The van der Waals surface area contributed by atoms with Crippen LogP contribution < -0.4 is 5.32 Å². The Bertz CT molecular complexity index is 447. The van der Waals surface area contributed by atoms with Crippen LogP contribution in [0.1, 0.15) is 22.3 Å². The smallest absolute Gasteiger partial charge is 0.253 e. The molecule has 98 valence electrons. The fraction of sp³-hybridized carbons (Fsp3) is 0.500. The number of amides is 1. The fourth-order valence-electron chi connectivity index (χ4n) is 2.38. The standard InChI is InChI=1S/C14H19FN2O/c1-10-3-4-12(7-13(10)15)14(18)17-6-5-11(9-17)8-16-2/h3-4,7,11,16H,5-6,8-9H2,1-2H3/t11-/m1/s1. The minimum atomic E-state index is -0.313. The van der Waals surface area contributed by atoms with E-state index in [2.05, 4.69) is 5.32 Å². The van der Waals surface area contributed by atoms with Crippen molar-refractivity contribution in [2.45, 2.75) is 13.3 Å². The summed E-state index contributed by atoms with van der Waals surface area (Å²) in [6.07, 6.45) is 1.01. The maximum atomic E-state index is 13.4. The fourth-order valence-corrected chi connectivity index (χ4v) is 2.38. The molecular formula is C14H19FN2O. The topological polar surface area (TPSA) is 32.3 Å². The number of nitrogens with one attached hydrogen (secondary N) is 1. The van der Waals surface area contributed by atoms with Gasteiger partial charge in [-0.1, -0.05) is 6.07 Å². The zero-order chi connectivity index (χ0) is 13.1. The first-order valence-electron chi connectivity index (χ1n) is 6.32. The Morgan fingerprint density at radius 2 is 2.33 bits per heavy atom. The maximum absolute atomic E-state index is 13.4. The zero-order valence-electron chi connectivity index (χ0n) is 10.9. The van der Waals surface area contributed by atoms with Crippen LogP contribution in [0.3, 0.4) is 0 Å². The van der Waals surface area contributed by atoms with Crippen LogP contribution in [0.25, 0.3) is 0 Å². The van der Waals surface area contributed by atoms with Gasteiger partial charge in [-0.3, -0.25) is 4.79 Å². The quantitative estimate of drug-likeness (QED) is 0.887. The summed E-state index contributed by atoms with van der Waals surface area (Å²) in [5.41, 5.74) is 1.02. The lowest BCUT2D eigenvalue weighted by molar-refractivity contribution is 0.0786. The monoisotopic (exact) mass is 250 g/mol. The van der Waals surface area contributed by atoms with Gasteiger partial charge < -0.3 is 10.2 Å². The molecule has 0 radical (unpaired) electrons. The van der Waals surface area contributed by atoms with Gasteiger partial charge in [0.2, 0.25) is 0 Å². The lowest BCUT2D eigenvalue weighted by atomic mass is 10.1. The first-order chi connectivity index (χ1) is 8.61. The van der Waals surface area contributed by atoms with Crippen molar-refractivity contribution in [3.63, 3.8) is 0 Å². The molecule has 1 N–H and O–H groups in total. The first kappa shape index (κ1) is 13.0. The second kappa shape index (κ2) is 5.48. The van der Waals surface area contributed by atoms with Crippen LogP contribution in [0.15, 0.2) is 18.2 Å². The van der Waals surface area contributed by atoms with Crippen LogP contribution in [-0.2, 0) is 0 Å². The van der Waals surface area contributed by atoms with Crippen LogP contribution in [0.2, 0.25) is 0 Å². The maximum Gasteiger partial charge on any atom is 0.253 e. The molecule has 3 nitrogen and oxygen atoms in total. The second-order valence-corrected chi connectivity index (χ2v) is 4.93. The molecule has 4 heteroatoms. The summed E-state index contributed by atoms with van der Waals surface area (Å²) < 4.78 is 13.4. The molecule has 0 bridgehead atoms. The molecule has 1 heterocycles. The van der Waals surface area contributed by atoms with Crippen LogP contribution in [0.5, 0.6) is 0 Å². The molecule has 1 aliphatic heterocycles. The van der Waals surface area contributed by atoms with Gasteiger partial charge in [0, 0.05) is 18.7 Å². The molecule has 0 aromatic heterocycles. The van der Waals surface area contributed by atoms with Crippen LogP contribution in [0, 0.1) is 18.7 Å². The number of benzene rings is 1. The predicted molar refractivity (Wildman–Crippen MR) is 69.1 cm³/mol. The molecule has 1 saturated heterocycles. The van der Waals surface area contributed by atoms with Gasteiger partial charge in [0.05, 0.1) is 0 Å². The van der Waals surface area contributed by atoms with Crippen LogP contribution in [-0.4, -0.2) is 37.5 Å². The largest absolute Gasteiger partial charge is 0.338 e. The molecule has 1 amide bonds. The summed E-state index contributed by atoms with van der Waals surface area (Å²) in [7, 11) is 1.92. The average Bonchev–Trinajstić information content (AvgIpc) is 2.81. The highest BCUT2D eigenvalue weighted by atomic mass is 19.1. The van der Waals surface area contributed by atoms with Gasteiger partial charge in [0.1, 0.15) is 5.82 Å².